The van der Waals surface area contributed by atoms with E-state index in [1.807, 2.05) is 24.3 Å². The van der Waals surface area contributed by atoms with Gasteiger partial charge >= 0.3 is 0 Å². The molecule has 92 valence electrons. The van der Waals surface area contributed by atoms with Gasteiger partial charge in [0.2, 0.25) is 0 Å². The lowest BCUT2D eigenvalue weighted by Crippen LogP contribution is -1.96. The summed E-state index contributed by atoms with van der Waals surface area (Å²) in [6.45, 7) is 0. The minimum absolute atomic E-state index is 0.573. The van der Waals surface area contributed by atoms with Gasteiger partial charge in [-0.3, -0.25) is 0 Å². The van der Waals surface area contributed by atoms with Gasteiger partial charge < -0.3 is 5.73 Å². The topological polar surface area (TPSA) is 26.0 Å². The first-order chi connectivity index (χ1) is 8.66. The molecular weight excluding hydrogens is 265 g/mol. The summed E-state index contributed by atoms with van der Waals surface area (Å²) in [7, 11) is 0. The van der Waals surface area contributed by atoms with E-state index in [-0.39, 0.29) is 0 Å². The molecule has 2 aromatic rings. The van der Waals surface area contributed by atoms with Crippen molar-refractivity contribution in [1.82, 2.24) is 0 Å². The van der Waals surface area contributed by atoms with E-state index in [9.17, 15) is 0 Å². The van der Waals surface area contributed by atoms with E-state index in [1.54, 1.807) is 0 Å². The quantitative estimate of drug-likeness (QED) is 0.750. The Hall–Kier alpha value is -1.18. The van der Waals surface area contributed by atoms with Crippen LogP contribution in [0.1, 0.15) is 17.5 Å². The maximum atomic E-state index is 6.14. The second-order valence-corrected chi connectivity index (χ2v) is 5.46. The summed E-state index contributed by atoms with van der Waals surface area (Å²) in [5, 5.41) is 1.15. The van der Waals surface area contributed by atoms with Crippen molar-refractivity contribution in [3.63, 3.8) is 0 Å². The number of anilines is 1. The van der Waals surface area contributed by atoms with Crippen LogP contribution < -0.4 is 5.73 Å². The fourth-order valence-corrected chi connectivity index (χ4v) is 2.98. The molecule has 2 N–H and O–H groups in total. The average molecular weight is 278 g/mol. The van der Waals surface area contributed by atoms with Crippen LogP contribution in [0.25, 0.3) is 11.1 Å². The summed E-state index contributed by atoms with van der Waals surface area (Å²) >= 11 is 12.1. The molecule has 0 saturated carbocycles. The van der Waals surface area contributed by atoms with Crippen LogP contribution in [-0.4, -0.2) is 0 Å². The van der Waals surface area contributed by atoms with E-state index in [0.717, 1.165) is 29.7 Å². The Kier molecular flexibility index (Phi) is 2.96. The second-order valence-electron chi connectivity index (χ2n) is 4.65. The predicted molar refractivity (Wildman–Crippen MR) is 78.3 cm³/mol. The van der Waals surface area contributed by atoms with Crippen LogP contribution in [-0.2, 0) is 12.8 Å². The van der Waals surface area contributed by atoms with E-state index in [0.29, 0.717) is 10.0 Å². The molecule has 3 heteroatoms. The van der Waals surface area contributed by atoms with Gasteiger partial charge in [0.05, 0.1) is 10.0 Å². The van der Waals surface area contributed by atoms with Gasteiger partial charge in [-0.05, 0) is 54.2 Å². The Labute approximate surface area is 117 Å². The summed E-state index contributed by atoms with van der Waals surface area (Å²) in [6, 6.07) is 9.83. The minimum atomic E-state index is 0.573. The predicted octanol–water partition coefficient (Wildman–Crippen LogP) is 4.73. The van der Waals surface area contributed by atoms with E-state index in [1.165, 1.54) is 17.5 Å². The van der Waals surface area contributed by atoms with Crippen LogP contribution in [0.5, 0.6) is 0 Å². The highest BCUT2D eigenvalue weighted by molar-refractivity contribution is 6.42. The molecule has 0 saturated heterocycles. The Morgan fingerprint density at radius 3 is 2.56 bits per heavy atom. The smallest absolute Gasteiger partial charge is 0.0598 e. The average Bonchev–Trinajstić information content (AvgIpc) is 2.81. The first-order valence-electron chi connectivity index (χ1n) is 6.02. The maximum Gasteiger partial charge on any atom is 0.0598 e. The molecule has 0 fully saturated rings. The number of benzene rings is 2. The molecule has 0 radical (unpaired) electrons. The van der Waals surface area contributed by atoms with Gasteiger partial charge in [-0.15, -0.1) is 0 Å². The first kappa shape index (κ1) is 11.9. The Bertz CT molecular complexity index is 620. The molecule has 0 bridgehead atoms. The number of fused-ring (bicyclic) bond motifs is 1. The lowest BCUT2D eigenvalue weighted by atomic mass is 9.95. The normalized spacial score (nSPS) is 13.7. The number of hydrogen-bond donors (Lipinski definition) is 1. The monoisotopic (exact) mass is 277 g/mol. The van der Waals surface area contributed by atoms with Gasteiger partial charge in [0.1, 0.15) is 0 Å². The van der Waals surface area contributed by atoms with Gasteiger partial charge in [-0.25, -0.2) is 0 Å². The molecular formula is C15H13Cl2N. The molecule has 0 atom stereocenters. The summed E-state index contributed by atoms with van der Waals surface area (Å²) in [4.78, 5) is 0. The Morgan fingerprint density at radius 2 is 1.78 bits per heavy atom. The molecule has 1 aliphatic carbocycles. The van der Waals surface area contributed by atoms with Crippen molar-refractivity contribution >= 4 is 28.9 Å². The summed E-state index contributed by atoms with van der Waals surface area (Å²) in [5.41, 5.74) is 11.9. The van der Waals surface area contributed by atoms with Crippen LogP contribution in [0.3, 0.4) is 0 Å². The van der Waals surface area contributed by atoms with Crippen molar-refractivity contribution in [3.8, 4) is 11.1 Å². The standard InChI is InChI=1S/C15H13Cl2N/c16-12-6-4-10(8-13(12)17)15-11-3-1-2-9(11)5-7-14(15)18/h4-8H,1-3,18H2. The lowest BCUT2D eigenvalue weighted by molar-refractivity contribution is 0.912. The van der Waals surface area contributed by atoms with E-state index < -0.39 is 0 Å². The molecule has 0 spiro atoms. The van der Waals surface area contributed by atoms with E-state index in [2.05, 4.69) is 6.07 Å². The van der Waals surface area contributed by atoms with Crippen molar-refractivity contribution in [2.45, 2.75) is 19.3 Å². The second kappa shape index (κ2) is 4.49. The molecule has 0 aromatic heterocycles. The van der Waals surface area contributed by atoms with Gasteiger partial charge in [0, 0.05) is 11.3 Å². The molecule has 0 amide bonds. The highest BCUT2D eigenvalue weighted by atomic mass is 35.5. The van der Waals surface area contributed by atoms with Crippen LogP contribution in [0.2, 0.25) is 10.0 Å². The third-order valence-electron chi connectivity index (χ3n) is 3.52. The zero-order chi connectivity index (χ0) is 12.7. The van der Waals surface area contributed by atoms with Gasteiger partial charge in [0.25, 0.3) is 0 Å². The lowest BCUT2D eigenvalue weighted by Gasteiger charge is -2.13. The summed E-state index contributed by atoms with van der Waals surface area (Å²) < 4.78 is 0. The molecule has 1 nitrogen and oxygen atoms in total. The van der Waals surface area contributed by atoms with Crippen molar-refractivity contribution in [3.05, 3.63) is 51.5 Å². The number of halogens is 2. The van der Waals surface area contributed by atoms with Gasteiger partial charge in [-0.1, -0.05) is 35.3 Å². The van der Waals surface area contributed by atoms with Crippen LogP contribution in [0.15, 0.2) is 30.3 Å². The number of nitrogen functional groups attached to an aromatic ring is 1. The molecule has 2 aromatic carbocycles. The number of hydrogen-bond acceptors (Lipinski definition) is 1. The van der Waals surface area contributed by atoms with Crippen LogP contribution >= 0.6 is 23.2 Å². The highest BCUT2D eigenvalue weighted by Gasteiger charge is 2.18. The van der Waals surface area contributed by atoms with Crippen LogP contribution in [0, 0.1) is 0 Å². The molecule has 0 aliphatic heterocycles. The van der Waals surface area contributed by atoms with Crippen molar-refractivity contribution in [2.75, 3.05) is 5.73 Å². The summed E-state index contributed by atoms with van der Waals surface area (Å²) in [5.74, 6) is 0. The highest BCUT2D eigenvalue weighted by Crippen LogP contribution is 2.38. The van der Waals surface area contributed by atoms with Crippen molar-refractivity contribution in [2.24, 2.45) is 0 Å². The molecule has 0 heterocycles. The SMILES string of the molecule is Nc1ccc2c(c1-c1ccc(Cl)c(Cl)c1)CCC2. The van der Waals surface area contributed by atoms with Gasteiger partial charge in [-0.2, -0.15) is 0 Å². The largest absolute Gasteiger partial charge is 0.398 e. The van der Waals surface area contributed by atoms with Crippen molar-refractivity contribution < 1.29 is 0 Å². The Balaban J connectivity index is 2.22. The van der Waals surface area contributed by atoms with E-state index >= 15 is 0 Å². The third kappa shape index (κ3) is 1.88. The zero-order valence-corrected chi connectivity index (χ0v) is 11.4. The molecule has 3 rings (SSSR count). The van der Waals surface area contributed by atoms with Gasteiger partial charge in [0.15, 0.2) is 0 Å². The number of rotatable bonds is 1. The van der Waals surface area contributed by atoms with Crippen LogP contribution in [0.4, 0.5) is 5.69 Å². The fraction of sp³-hybridized carbons (Fsp3) is 0.200. The number of aryl methyl sites for hydroxylation is 1. The number of nitrogens with two attached hydrogens (primary N) is 1. The first-order valence-corrected chi connectivity index (χ1v) is 6.78. The van der Waals surface area contributed by atoms with Crippen molar-refractivity contribution in [1.29, 1.82) is 0 Å². The third-order valence-corrected chi connectivity index (χ3v) is 4.26. The maximum absolute atomic E-state index is 6.14. The Morgan fingerprint density at radius 1 is 0.944 bits per heavy atom. The summed E-state index contributed by atoms with van der Waals surface area (Å²) in [6.07, 6.45) is 3.44. The fourth-order valence-electron chi connectivity index (χ4n) is 2.68. The van der Waals surface area contributed by atoms with E-state index in [4.69, 9.17) is 28.9 Å². The molecule has 18 heavy (non-hydrogen) atoms. The zero-order valence-electron chi connectivity index (χ0n) is 9.84. The molecule has 1 aliphatic rings. The minimum Gasteiger partial charge on any atom is -0.398 e. The molecule has 0 unspecified atom stereocenters.